The van der Waals surface area contributed by atoms with Gasteiger partial charge in [-0.25, -0.2) is 4.98 Å². The number of hydrogen-bond donors (Lipinski definition) is 0. The van der Waals surface area contributed by atoms with Gasteiger partial charge >= 0.3 is 0 Å². The number of aryl methyl sites for hydroxylation is 2. The number of nitrogens with zero attached hydrogens (tertiary/aromatic N) is 1. The van der Waals surface area contributed by atoms with Crippen LogP contribution in [0.5, 0.6) is 5.75 Å². The van der Waals surface area contributed by atoms with E-state index in [4.69, 9.17) is 16.3 Å². The summed E-state index contributed by atoms with van der Waals surface area (Å²) < 4.78 is 5.31. The van der Waals surface area contributed by atoms with Crippen molar-refractivity contribution in [2.75, 3.05) is 7.11 Å². The summed E-state index contributed by atoms with van der Waals surface area (Å²) >= 11 is 7.59. The van der Waals surface area contributed by atoms with Gasteiger partial charge in [-0.1, -0.05) is 11.6 Å². The fourth-order valence-electron chi connectivity index (χ4n) is 1.43. The van der Waals surface area contributed by atoms with Gasteiger partial charge in [0.05, 0.1) is 18.4 Å². The Bertz CT molecular complexity index is 502. The topological polar surface area (TPSA) is 22.1 Å². The van der Waals surface area contributed by atoms with Crippen molar-refractivity contribution in [3.8, 4) is 16.3 Å². The van der Waals surface area contributed by atoms with E-state index >= 15 is 0 Å². The first kappa shape index (κ1) is 11.4. The lowest BCUT2D eigenvalue weighted by Crippen LogP contribution is -1.87. The molecule has 0 bridgehead atoms. The predicted octanol–water partition coefficient (Wildman–Crippen LogP) is 4.09. The molecular weight excluding hydrogens is 242 g/mol. The average Bonchev–Trinajstić information content (AvgIpc) is 2.59. The summed E-state index contributed by atoms with van der Waals surface area (Å²) in [7, 11) is 1.64. The number of hydrogen-bond acceptors (Lipinski definition) is 3. The molecule has 0 aliphatic heterocycles. The van der Waals surface area contributed by atoms with Crippen molar-refractivity contribution < 1.29 is 4.74 Å². The van der Waals surface area contributed by atoms with Crippen LogP contribution in [0.4, 0.5) is 0 Å². The molecule has 2 rings (SSSR count). The second-order valence-electron chi connectivity index (χ2n) is 3.51. The van der Waals surface area contributed by atoms with Gasteiger partial charge in [-0.05, 0) is 32.0 Å². The molecule has 2 nitrogen and oxygen atoms in total. The fraction of sp³-hybridized carbons (Fsp3) is 0.250. The quantitative estimate of drug-likeness (QED) is 0.804. The van der Waals surface area contributed by atoms with E-state index in [1.807, 2.05) is 25.1 Å². The SMILES string of the molecule is COc1cc(Cl)ccc1-c1nc(C)c(C)s1. The van der Waals surface area contributed by atoms with Crippen molar-refractivity contribution in [1.82, 2.24) is 4.98 Å². The van der Waals surface area contributed by atoms with Crippen LogP contribution in [0.3, 0.4) is 0 Å². The van der Waals surface area contributed by atoms with Crippen LogP contribution in [-0.2, 0) is 0 Å². The molecule has 0 amide bonds. The molecule has 1 heterocycles. The van der Waals surface area contributed by atoms with Crippen LogP contribution in [0.1, 0.15) is 10.6 Å². The van der Waals surface area contributed by atoms with Gasteiger partial charge in [-0.15, -0.1) is 11.3 Å². The normalized spacial score (nSPS) is 10.5. The highest BCUT2D eigenvalue weighted by Gasteiger charge is 2.11. The third-order valence-electron chi connectivity index (χ3n) is 2.42. The van der Waals surface area contributed by atoms with E-state index in [1.54, 1.807) is 18.4 Å². The summed E-state index contributed by atoms with van der Waals surface area (Å²) in [6.45, 7) is 4.08. The fourth-order valence-corrected chi connectivity index (χ4v) is 2.54. The molecule has 0 spiro atoms. The van der Waals surface area contributed by atoms with E-state index in [9.17, 15) is 0 Å². The Hall–Kier alpha value is -1.06. The van der Waals surface area contributed by atoms with Gasteiger partial charge in [0.2, 0.25) is 0 Å². The largest absolute Gasteiger partial charge is 0.496 e. The molecule has 0 fully saturated rings. The number of aromatic nitrogens is 1. The van der Waals surface area contributed by atoms with E-state index < -0.39 is 0 Å². The Labute approximate surface area is 104 Å². The van der Waals surface area contributed by atoms with Crippen molar-refractivity contribution in [2.45, 2.75) is 13.8 Å². The van der Waals surface area contributed by atoms with Crippen LogP contribution in [0.25, 0.3) is 10.6 Å². The molecule has 0 aliphatic rings. The van der Waals surface area contributed by atoms with Crippen molar-refractivity contribution in [3.63, 3.8) is 0 Å². The molecule has 84 valence electrons. The summed E-state index contributed by atoms with van der Waals surface area (Å²) in [5.41, 5.74) is 2.06. The Morgan fingerprint density at radius 3 is 2.62 bits per heavy atom. The van der Waals surface area contributed by atoms with Crippen molar-refractivity contribution in [3.05, 3.63) is 33.8 Å². The number of halogens is 1. The van der Waals surface area contributed by atoms with Crippen LogP contribution in [-0.4, -0.2) is 12.1 Å². The van der Waals surface area contributed by atoms with E-state index in [2.05, 4.69) is 11.9 Å². The first-order valence-electron chi connectivity index (χ1n) is 4.89. The minimum absolute atomic E-state index is 0.672. The Balaban J connectivity index is 2.55. The highest BCUT2D eigenvalue weighted by Crippen LogP contribution is 2.35. The van der Waals surface area contributed by atoms with Gasteiger partial charge in [-0.3, -0.25) is 0 Å². The molecule has 0 saturated carbocycles. The minimum atomic E-state index is 0.672. The minimum Gasteiger partial charge on any atom is -0.496 e. The number of methoxy groups -OCH3 is 1. The molecule has 0 saturated heterocycles. The molecule has 0 N–H and O–H groups in total. The molecule has 2 aromatic rings. The zero-order valence-electron chi connectivity index (χ0n) is 9.37. The Morgan fingerprint density at radius 1 is 1.31 bits per heavy atom. The second kappa shape index (κ2) is 4.44. The maximum Gasteiger partial charge on any atom is 0.130 e. The number of rotatable bonds is 2. The van der Waals surface area contributed by atoms with Gasteiger partial charge in [0, 0.05) is 9.90 Å². The standard InChI is InChI=1S/C12H12ClNOS/c1-7-8(2)16-12(14-7)10-5-4-9(13)6-11(10)15-3/h4-6H,1-3H3. The van der Waals surface area contributed by atoms with Crippen LogP contribution < -0.4 is 4.74 Å². The molecule has 0 unspecified atom stereocenters. The van der Waals surface area contributed by atoms with Crippen molar-refractivity contribution in [2.24, 2.45) is 0 Å². The Kier molecular flexibility index (Phi) is 3.17. The zero-order chi connectivity index (χ0) is 11.7. The van der Waals surface area contributed by atoms with Crippen molar-refractivity contribution >= 4 is 22.9 Å². The highest BCUT2D eigenvalue weighted by molar-refractivity contribution is 7.15. The maximum absolute atomic E-state index is 5.92. The van der Waals surface area contributed by atoms with Crippen LogP contribution >= 0.6 is 22.9 Å². The summed E-state index contributed by atoms with van der Waals surface area (Å²) in [6, 6.07) is 5.60. The van der Waals surface area contributed by atoms with Gasteiger partial charge < -0.3 is 4.74 Å². The average molecular weight is 254 g/mol. The summed E-state index contributed by atoms with van der Waals surface area (Å²) in [5, 5.41) is 1.65. The summed E-state index contributed by atoms with van der Waals surface area (Å²) in [6.07, 6.45) is 0. The van der Waals surface area contributed by atoms with E-state index in [-0.39, 0.29) is 0 Å². The third-order valence-corrected chi connectivity index (χ3v) is 3.76. The molecule has 1 aromatic heterocycles. The van der Waals surface area contributed by atoms with E-state index in [0.29, 0.717) is 5.02 Å². The number of thiazole rings is 1. The highest BCUT2D eigenvalue weighted by atomic mass is 35.5. The molecular formula is C12H12ClNOS. The summed E-state index contributed by atoms with van der Waals surface area (Å²) in [5.74, 6) is 0.765. The second-order valence-corrected chi connectivity index (χ2v) is 5.14. The first-order valence-corrected chi connectivity index (χ1v) is 6.09. The van der Waals surface area contributed by atoms with Crippen LogP contribution in [0, 0.1) is 13.8 Å². The lowest BCUT2D eigenvalue weighted by Gasteiger charge is -2.05. The zero-order valence-corrected chi connectivity index (χ0v) is 10.9. The first-order chi connectivity index (χ1) is 7.61. The smallest absolute Gasteiger partial charge is 0.130 e. The van der Waals surface area contributed by atoms with E-state index in [1.165, 1.54) is 4.88 Å². The van der Waals surface area contributed by atoms with Crippen LogP contribution in [0.2, 0.25) is 5.02 Å². The molecule has 16 heavy (non-hydrogen) atoms. The maximum atomic E-state index is 5.92. The van der Waals surface area contributed by atoms with Crippen LogP contribution in [0.15, 0.2) is 18.2 Å². The molecule has 1 aromatic carbocycles. The molecule has 0 atom stereocenters. The third kappa shape index (κ3) is 2.06. The molecule has 0 radical (unpaired) electrons. The van der Waals surface area contributed by atoms with Gasteiger partial charge in [0.1, 0.15) is 10.8 Å². The van der Waals surface area contributed by atoms with Gasteiger partial charge in [0.25, 0.3) is 0 Å². The van der Waals surface area contributed by atoms with E-state index in [0.717, 1.165) is 22.0 Å². The van der Waals surface area contributed by atoms with Gasteiger partial charge in [-0.2, -0.15) is 0 Å². The number of benzene rings is 1. The lowest BCUT2D eigenvalue weighted by molar-refractivity contribution is 0.416. The summed E-state index contributed by atoms with van der Waals surface area (Å²) in [4.78, 5) is 5.74. The Morgan fingerprint density at radius 2 is 2.06 bits per heavy atom. The monoisotopic (exact) mass is 253 g/mol. The lowest BCUT2D eigenvalue weighted by atomic mass is 10.2. The number of ether oxygens (including phenoxy) is 1. The predicted molar refractivity (Wildman–Crippen MR) is 68.6 cm³/mol. The van der Waals surface area contributed by atoms with Crippen molar-refractivity contribution in [1.29, 1.82) is 0 Å². The molecule has 4 heteroatoms. The van der Waals surface area contributed by atoms with Gasteiger partial charge in [0.15, 0.2) is 0 Å². The molecule has 0 aliphatic carbocycles.